The van der Waals surface area contributed by atoms with E-state index in [-0.39, 0.29) is 0 Å². The molecular weight excluding hydrogens is 219 g/mol. The van der Waals surface area contributed by atoms with E-state index in [1.165, 1.54) is 0 Å². The largest absolute Gasteiger partial charge is 0.468 e. The van der Waals surface area contributed by atoms with Gasteiger partial charge in [0.05, 0.1) is 5.69 Å². The van der Waals surface area contributed by atoms with Crippen LogP contribution in [0, 0.1) is 0 Å². The van der Waals surface area contributed by atoms with Crippen LogP contribution >= 0.6 is 8.61 Å². The third-order valence-corrected chi connectivity index (χ3v) is 2.67. The van der Waals surface area contributed by atoms with Gasteiger partial charge in [0.25, 0.3) is 0 Å². The third kappa shape index (κ3) is 2.59. The van der Waals surface area contributed by atoms with E-state index >= 15 is 0 Å². The summed E-state index contributed by atoms with van der Waals surface area (Å²) < 4.78 is 12.7. The first-order valence-electron chi connectivity index (χ1n) is 4.95. The van der Waals surface area contributed by atoms with Crippen LogP contribution < -0.4 is 10.2 Å². The number of hydrogen-bond acceptors (Lipinski definition) is 2. The Morgan fingerprint density at radius 2 is 1.44 bits per heavy atom. The number of nitrogens with zero attached hydrogens (tertiary/aromatic N) is 1. The zero-order valence-corrected chi connectivity index (χ0v) is 9.63. The molecule has 0 heterocycles. The highest BCUT2D eigenvalue weighted by Crippen LogP contribution is 2.21. The summed E-state index contributed by atoms with van der Waals surface area (Å²) in [5, 5.41) is 0. The molecule has 0 saturated carbocycles. The minimum atomic E-state index is -0.576. The zero-order chi connectivity index (χ0) is 11.2. The Hall–Kier alpha value is -1.86. The Labute approximate surface area is 95.9 Å². The topological polar surface area (TPSA) is 32.3 Å². The van der Waals surface area contributed by atoms with Crippen molar-refractivity contribution in [3.8, 4) is 0 Å². The molecule has 2 aromatic rings. The number of hydrogen-bond donors (Lipinski definition) is 1. The summed E-state index contributed by atoms with van der Waals surface area (Å²) in [7, 11) is -0.576. The SMILES string of the molecule is O=[PH+]N(Nc1ccccc1)c1ccccc1. The number of para-hydroxylation sites is 2. The second-order valence-corrected chi connectivity index (χ2v) is 3.87. The fourth-order valence-corrected chi connectivity index (χ4v) is 1.79. The first-order chi connectivity index (χ1) is 7.90. The van der Waals surface area contributed by atoms with E-state index in [4.69, 9.17) is 0 Å². The Bertz CT molecular complexity index is 447. The molecule has 0 radical (unpaired) electrons. The molecule has 1 atom stereocenters. The van der Waals surface area contributed by atoms with Crippen molar-refractivity contribution in [2.45, 2.75) is 0 Å². The molecule has 2 rings (SSSR count). The number of anilines is 2. The van der Waals surface area contributed by atoms with Crippen molar-refractivity contribution in [2.24, 2.45) is 0 Å². The van der Waals surface area contributed by atoms with Gasteiger partial charge in [0.15, 0.2) is 0 Å². The van der Waals surface area contributed by atoms with E-state index < -0.39 is 8.61 Å². The van der Waals surface area contributed by atoms with Crippen LogP contribution in [0.15, 0.2) is 60.7 Å². The number of benzene rings is 2. The van der Waals surface area contributed by atoms with Crippen LogP contribution in [-0.4, -0.2) is 0 Å². The predicted octanol–water partition coefficient (Wildman–Crippen LogP) is 3.46. The van der Waals surface area contributed by atoms with Gasteiger partial charge in [0, 0.05) is 0 Å². The van der Waals surface area contributed by atoms with Crippen LogP contribution in [0.4, 0.5) is 11.4 Å². The summed E-state index contributed by atoms with van der Waals surface area (Å²) in [6.45, 7) is 0. The molecule has 0 aliphatic rings. The highest BCUT2D eigenvalue weighted by Gasteiger charge is 2.11. The standard InChI is InChI=1S/C12H11N2OP/c15-16-14(12-9-5-2-6-10-12)13-11-7-3-1-4-8-11/h1-10,13H/p+1. The molecule has 0 saturated heterocycles. The van der Waals surface area contributed by atoms with E-state index in [1.807, 2.05) is 60.7 Å². The lowest BCUT2D eigenvalue weighted by Gasteiger charge is -2.11. The Kier molecular flexibility index (Phi) is 3.52. The summed E-state index contributed by atoms with van der Waals surface area (Å²) in [4.78, 5) is 0. The average Bonchev–Trinajstić information content (AvgIpc) is 2.38. The molecule has 80 valence electrons. The molecule has 2 aromatic carbocycles. The van der Waals surface area contributed by atoms with Crippen LogP contribution in [0.5, 0.6) is 0 Å². The maximum Gasteiger partial charge on any atom is 0.468 e. The van der Waals surface area contributed by atoms with Crippen LogP contribution in [-0.2, 0) is 4.57 Å². The van der Waals surface area contributed by atoms with E-state index in [1.54, 1.807) is 4.78 Å². The third-order valence-electron chi connectivity index (χ3n) is 2.12. The van der Waals surface area contributed by atoms with Crippen LogP contribution in [0.3, 0.4) is 0 Å². The van der Waals surface area contributed by atoms with Crippen molar-refractivity contribution in [3.05, 3.63) is 60.7 Å². The van der Waals surface area contributed by atoms with Crippen molar-refractivity contribution in [1.82, 2.24) is 0 Å². The molecule has 0 bridgehead atoms. The molecule has 16 heavy (non-hydrogen) atoms. The molecule has 4 heteroatoms. The van der Waals surface area contributed by atoms with Gasteiger partial charge in [-0.15, -0.1) is 0 Å². The minimum absolute atomic E-state index is 0.576. The number of rotatable bonds is 4. The van der Waals surface area contributed by atoms with Crippen molar-refractivity contribution in [1.29, 1.82) is 0 Å². The highest BCUT2D eigenvalue weighted by atomic mass is 31.1. The average molecular weight is 231 g/mol. The van der Waals surface area contributed by atoms with Crippen LogP contribution in [0.1, 0.15) is 0 Å². The van der Waals surface area contributed by atoms with Gasteiger partial charge in [0.1, 0.15) is 5.69 Å². The first kappa shape index (κ1) is 10.7. The molecule has 1 N–H and O–H groups in total. The molecular formula is C12H12N2OP+. The van der Waals surface area contributed by atoms with Crippen LogP contribution in [0.25, 0.3) is 0 Å². The summed E-state index contributed by atoms with van der Waals surface area (Å²) in [5.74, 6) is 0. The van der Waals surface area contributed by atoms with Gasteiger partial charge in [-0.1, -0.05) is 41.2 Å². The zero-order valence-electron chi connectivity index (χ0n) is 8.63. The van der Waals surface area contributed by atoms with Crippen molar-refractivity contribution < 1.29 is 4.57 Å². The van der Waals surface area contributed by atoms with Gasteiger partial charge in [-0.05, 0) is 28.8 Å². The Balaban J connectivity index is 2.16. The maximum atomic E-state index is 11.1. The van der Waals surface area contributed by atoms with Gasteiger partial charge >= 0.3 is 8.61 Å². The lowest BCUT2D eigenvalue weighted by molar-refractivity contribution is 0.597. The molecule has 0 amide bonds. The first-order valence-corrected chi connectivity index (χ1v) is 5.80. The number of hydrazine groups is 1. The molecule has 1 unspecified atom stereocenters. The van der Waals surface area contributed by atoms with Gasteiger partial charge in [-0.3, -0.25) is 5.43 Å². The van der Waals surface area contributed by atoms with Crippen molar-refractivity contribution in [2.75, 3.05) is 10.2 Å². The summed E-state index contributed by atoms with van der Waals surface area (Å²) in [6, 6.07) is 19.2. The van der Waals surface area contributed by atoms with Gasteiger partial charge < -0.3 is 0 Å². The van der Waals surface area contributed by atoms with Gasteiger partial charge in [-0.25, -0.2) is 0 Å². The maximum absolute atomic E-state index is 11.1. The summed E-state index contributed by atoms with van der Waals surface area (Å²) >= 11 is 0. The molecule has 3 nitrogen and oxygen atoms in total. The highest BCUT2D eigenvalue weighted by molar-refractivity contribution is 7.26. The van der Waals surface area contributed by atoms with E-state index in [0.29, 0.717) is 0 Å². The molecule has 0 fully saturated rings. The monoisotopic (exact) mass is 231 g/mol. The minimum Gasteiger partial charge on any atom is -0.259 e. The van der Waals surface area contributed by atoms with E-state index in [2.05, 4.69) is 5.43 Å². The van der Waals surface area contributed by atoms with Crippen LogP contribution in [0.2, 0.25) is 0 Å². The number of nitrogens with one attached hydrogen (secondary N) is 1. The smallest absolute Gasteiger partial charge is 0.259 e. The van der Waals surface area contributed by atoms with E-state index in [0.717, 1.165) is 11.4 Å². The van der Waals surface area contributed by atoms with Crippen molar-refractivity contribution >= 4 is 20.0 Å². The predicted molar refractivity (Wildman–Crippen MR) is 68.0 cm³/mol. The lowest BCUT2D eigenvalue weighted by atomic mass is 10.3. The second kappa shape index (κ2) is 5.29. The molecule has 0 spiro atoms. The fraction of sp³-hybridized carbons (Fsp3) is 0. The molecule has 0 aliphatic carbocycles. The second-order valence-electron chi connectivity index (χ2n) is 3.24. The molecule has 0 aliphatic heterocycles. The normalized spacial score (nSPS) is 10.0. The van der Waals surface area contributed by atoms with Gasteiger partial charge in [-0.2, -0.15) is 0 Å². The summed E-state index contributed by atoms with van der Waals surface area (Å²) in [6.07, 6.45) is 0. The quantitative estimate of drug-likeness (QED) is 0.646. The lowest BCUT2D eigenvalue weighted by Crippen LogP contribution is -2.18. The Morgan fingerprint density at radius 3 is 2.00 bits per heavy atom. The Morgan fingerprint density at radius 1 is 0.875 bits per heavy atom. The van der Waals surface area contributed by atoms with Crippen molar-refractivity contribution in [3.63, 3.8) is 0 Å². The molecule has 0 aromatic heterocycles. The van der Waals surface area contributed by atoms with Gasteiger partial charge in [0.2, 0.25) is 0 Å². The fourth-order valence-electron chi connectivity index (χ4n) is 1.36. The summed E-state index contributed by atoms with van der Waals surface area (Å²) in [5.41, 5.74) is 4.86. The van der Waals surface area contributed by atoms with E-state index in [9.17, 15) is 4.57 Å².